The second-order valence-corrected chi connectivity index (χ2v) is 7.22. The van der Waals surface area contributed by atoms with E-state index in [0.29, 0.717) is 5.56 Å². The Morgan fingerprint density at radius 2 is 2.15 bits per heavy atom. The van der Waals surface area contributed by atoms with Gasteiger partial charge in [-0.25, -0.2) is 0 Å². The molecule has 98 valence electrons. The van der Waals surface area contributed by atoms with E-state index in [9.17, 15) is 0 Å². The SMILES string of the molecule is N#Cc1cccc(C2=NOC(c3ccc(P)cn3)=I2)c1. The average molecular weight is 393 g/mol. The molecular formula is C14H9IN3OP. The molecule has 2 aromatic rings. The van der Waals surface area contributed by atoms with Crippen molar-refractivity contribution in [2.45, 2.75) is 0 Å². The largest absolute Gasteiger partial charge is 0.347 e. The predicted octanol–water partition coefficient (Wildman–Crippen LogP) is 2.29. The van der Waals surface area contributed by atoms with Crippen molar-refractivity contribution in [2.75, 3.05) is 0 Å². The van der Waals surface area contributed by atoms with Crippen LogP contribution in [0.3, 0.4) is 0 Å². The quantitative estimate of drug-likeness (QED) is 0.581. The lowest BCUT2D eigenvalue weighted by atomic mass is 10.1. The Hall–Kier alpha value is -1.64. The van der Waals surface area contributed by atoms with Gasteiger partial charge in [0.05, 0.1) is 11.6 Å². The van der Waals surface area contributed by atoms with Gasteiger partial charge >= 0.3 is 0 Å². The van der Waals surface area contributed by atoms with Crippen molar-refractivity contribution in [2.24, 2.45) is 5.16 Å². The zero-order valence-corrected chi connectivity index (χ0v) is 13.6. The van der Waals surface area contributed by atoms with Crippen molar-refractivity contribution < 1.29 is 4.84 Å². The van der Waals surface area contributed by atoms with E-state index >= 15 is 0 Å². The lowest BCUT2D eigenvalue weighted by molar-refractivity contribution is 0.343. The first-order valence-corrected chi connectivity index (χ1v) is 8.49. The van der Waals surface area contributed by atoms with Gasteiger partial charge < -0.3 is 4.84 Å². The van der Waals surface area contributed by atoms with Crippen molar-refractivity contribution in [1.82, 2.24) is 4.98 Å². The van der Waals surface area contributed by atoms with Gasteiger partial charge in [-0.2, -0.15) is 5.26 Å². The molecular weight excluding hydrogens is 384 g/mol. The van der Waals surface area contributed by atoms with Crippen LogP contribution < -0.4 is 5.30 Å². The van der Waals surface area contributed by atoms with Crippen molar-refractivity contribution >= 4 is 42.7 Å². The number of hydrogen-bond acceptors (Lipinski definition) is 4. The molecule has 0 fully saturated rings. The van der Waals surface area contributed by atoms with Crippen molar-refractivity contribution in [1.29, 1.82) is 5.26 Å². The van der Waals surface area contributed by atoms with Crippen molar-refractivity contribution in [3.63, 3.8) is 0 Å². The Morgan fingerprint density at radius 3 is 2.90 bits per heavy atom. The number of hydrogen-bond donors (Lipinski definition) is 0. The van der Waals surface area contributed by atoms with E-state index in [2.05, 4.69) is 25.4 Å². The highest BCUT2D eigenvalue weighted by molar-refractivity contribution is 14.2. The van der Waals surface area contributed by atoms with Crippen LogP contribution in [0.2, 0.25) is 0 Å². The van der Waals surface area contributed by atoms with E-state index < -0.39 is 20.7 Å². The summed E-state index contributed by atoms with van der Waals surface area (Å²) in [5.41, 5.74) is 2.42. The van der Waals surface area contributed by atoms with Crippen LogP contribution in [-0.4, -0.2) is 12.4 Å². The minimum absolute atomic E-state index is 0.509. The minimum Gasteiger partial charge on any atom is -0.347 e. The highest BCUT2D eigenvalue weighted by Gasteiger charge is 2.16. The van der Waals surface area contributed by atoms with Gasteiger partial charge in [-0.1, -0.05) is 23.4 Å². The van der Waals surface area contributed by atoms with E-state index in [1.807, 2.05) is 30.3 Å². The summed E-state index contributed by atoms with van der Waals surface area (Å²) in [5.74, 6) is 0. The van der Waals surface area contributed by atoms with Crippen LogP contribution in [0.1, 0.15) is 16.8 Å². The summed E-state index contributed by atoms with van der Waals surface area (Å²) in [6.45, 7) is 0. The number of halogens is 1. The third-order valence-electron chi connectivity index (χ3n) is 2.60. The highest BCUT2D eigenvalue weighted by Crippen LogP contribution is 2.24. The molecule has 4 nitrogen and oxygen atoms in total. The molecule has 1 unspecified atom stereocenters. The second kappa shape index (κ2) is 5.78. The van der Waals surface area contributed by atoms with Crippen LogP contribution in [-0.2, 0) is 4.84 Å². The van der Waals surface area contributed by atoms with Gasteiger partial charge in [-0.05, 0) is 44.2 Å². The first kappa shape index (κ1) is 13.3. The molecule has 6 heteroatoms. The molecule has 0 aliphatic carbocycles. The average Bonchev–Trinajstić information content (AvgIpc) is 2.98. The van der Waals surface area contributed by atoms with Crippen molar-refractivity contribution in [3.8, 4) is 6.07 Å². The summed E-state index contributed by atoms with van der Waals surface area (Å²) in [7, 11) is 2.60. The summed E-state index contributed by atoms with van der Waals surface area (Å²) in [6, 6.07) is 13.5. The molecule has 2 heterocycles. The fraction of sp³-hybridized carbons (Fsp3) is 0. The smallest absolute Gasteiger partial charge is 0.216 e. The van der Waals surface area contributed by atoms with Gasteiger partial charge in [0, 0.05) is 11.8 Å². The van der Waals surface area contributed by atoms with Gasteiger partial charge in [-0.15, -0.1) is 9.24 Å². The number of nitriles is 1. The Bertz CT molecular complexity index is 763. The summed E-state index contributed by atoms with van der Waals surface area (Å²) < 4.78 is 1.76. The lowest BCUT2D eigenvalue weighted by Crippen LogP contribution is -2.03. The molecule has 0 spiro atoms. The van der Waals surface area contributed by atoms with Gasteiger partial charge in [0.15, 0.2) is 0 Å². The normalized spacial score (nSPS) is 13.6. The highest BCUT2D eigenvalue weighted by atomic mass is 127. The third-order valence-corrected chi connectivity index (χ3v) is 5.51. The summed E-state index contributed by atoms with van der Waals surface area (Å²) >= 11 is -0.509. The second-order valence-electron chi connectivity index (χ2n) is 4.01. The molecule has 20 heavy (non-hydrogen) atoms. The first-order chi connectivity index (χ1) is 9.76. The summed E-state index contributed by atoms with van der Waals surface area (Å²) in [6.07, 6.45) is 1.79. The zero-order chi connectivity index (χ0) is 13.9. The molecule has 0 N–H and O–H groups in total. The fourth-order valence-electron chi connectivity index (χ4n) is 1.64. The van der Waals surface area contributed by atoms with Crippen LogP contribution in [0.5, 0.6) is 0 Å². The van der Waals surface area contributed by atoms with E-state index in [1.54, 1.807) is 12.3 Å². The number of oxime groups is 1. The van der Waals surface area contributed by atoms with Crippen LogP contribution in [0.4, 0.5) is 0 Å². The molecule has 0 bridgehead atoms. The zero-order valence-electron chi connectivity index (χ0n) is 10.2. The van der Waals surface area contributed by atoms with Gasteiger partial charge in [-0.3, -0.25) is 4.98 Å². The molecule has 0 saturated heterocycles. The Labute approximate surface area is 128 Å². The summed E-state index contributed by atoms with van der Waals surface area (Å²) in [5, 5.41) is 14.1. The molecule has 1 atom stereocenters. The van der Waals surface area contributed by atoms with Crippen LogP contribution in [0.25, 0.3) is 0 Å². The summed E-state index contributed by atoms with van der Waals surface area (Å²) in [4.78, 5) is 9.76. The predicted molar refractivity (Wildman–Crippen MR) is 90.5 cm³/mol. The molecule has 1 aromatic heterocycles. The molecule has 3 rings (SSSR count). The van der Waals surface area contributed by atoms with Crippen LogP contribution in [0.15, 0.2) is 47.8 Å². The number of nitrogens with zero attached hydrogens (tertiary/aromatic N) is 3. The van der Waals surface area contributed by atoms with Crippen LogP contribution in [0, 0.1) is 11.3 Å². The lowest BCUT2D eigenvalue weighted by Gasteiger charge is -1.98. The van der Waals surface area contributed by atoms with E-state index in [4.69, 9.17) is 10.1 Å². The van der Waals surface area contributed by atoms with Gasteiger partial charge in [0.25, 0.3) is 0 Å². The maximum atomic E-state index is 8.93. The van der Waals surface area contributed by atoms with Gasteiger partial charge in [0.1, 0.15) is 9.41 Å². The van der Waals surface area contributed by atoms with Crippen molar-refractivity contribution in [3.05, 3.63) is 59.4 Å². The third kappa shape index (κ3) is 2.77. The number of rotatable bonds is 2. The molecule has 1 aliphatic rings. The first-order valence-electron chi connectivity index (χ1n) is 5.75. The maximum absolute atomic E-state index is 8.93. The van der Waals surface area contributed by atoms with E-state index in [0.717, 1.165) is 24.0 Å². The molecule has 0 saturated carbocycles. The molecule has 1 aromatic carbocycles. The van der Waals surface area contributed by atoms with E-state index in [1.165, 1.54) is 0 Å². The monoisotopic (exact) mass is 393 g/mol. The standard InChI is InChI=1S/C14H9IN3OP/c16-7-9-2-1-3-10(6-9)13-15-14(19-18-13)12-5-4-11(20)8-17-12/h1-6,8H,20H2. The topological polar surface area (TPSA) is 58.3 Å². The number of pyridine rings is 1. The van der Waals surface area contributed by atoms with Crippen LogP contribution >= 0.6 is 30.0 Å². The Morgan fingerprint density at radius 1 is 1.25 bits per heavy atom. The maximum Gasteiger partial charge on any atom is 0.216 e. The Balaban J connectivity index is 1.90. The van der Waals surface area contributed by atoms with Gasteiger partial charge in [0.2, 0.25) is 3.69 Å². The molecule has 0 amide bonds. The molecule has 0 radical (unpaired) electrons. The Kier molecular flexibility index (Phi) is 3.86. The fourth-order valence-corrected chi connectivity index (χ4v) is 3.91. The minimum atomic E-state index is -0.509. The molecule has 1 aliphatic heterocycles. The number of benzene rings is 1. The van der Waals surface area contributed by atoms with E-state index in [-0.39, 0.29) is 0 Å². The number of aromatic nitrogens is 1.